The van der Waals surface area contributed by atoms with Crippen LogP contribution >= 0.6 is 50.7 Å². The van der Waals surface area contributed by atoms with Crippen molar-refractivity contribution in [2.45, 2.75) is 33.7 Å². The van der Waals surface area contributed by atoms with E-state index >= 15 is 0 Å². The number of carbonyl (C=O) groups excluding carboxylic acids is 1. The lowest BCUT2D eigenvalue weighted by Gasteiger charge is -2.22. The Kier molecular flexibility index (Phi) is 13.8. The molecule has 0 bridgehead atoms. The maximum Gasteiger partial charge on any atom is 0.329 e. The van der Waals surface area contributed by atoms with E-state index in [0.29, 0.717) is 44.9 Å². The lowest BCUT2D eigenvalue weighted by molar-refractivity contribution is 0.184. The van der Waals surface area contributed by atoms with Crippen molar-refractivity contribution in [3.63, 3.8) is 0 Å². The van der Waals surface area contributed by atoms with Crippen LogP contribution in [0.25, 0.3) is 0 Å². The quantitative estimate of drug-likeness (QED) is 0.221. The molecular weight excluding hydrogens is 625 g/mol. The Hall–Kier alpha value is -1.91. The number of benzene rings is 2. The van der Waals surface area contributed by atoms with Crippen LogP contribution in [0.5, 0.6) is 5.75 Å². The van der Waals surface area contributed by atoms with E-state index in [0.717, 1.165) is 19.5 Å². The van der Waals surface area contributed by atoms with Crippen LogP contribution in [-0.4, -0.2) is 58.2 Å². The predicted octanol–water partition coefficient (Wildman–Crippen LogP) is 8.17. The minimum absolute atomic E-state index is 0.141. The molecule has 1 aromatic heterocycles. The first kappa shape index (κ1) is 32.3. The largest absolute Gasteiger partial charge is 0.489 e. The zero-order chi connectivity index (χ0) is 28.2. The minimum atomic E-state index is -0.492. The molecule has 38 heavy (non-hydrogen) atoms. The molecule has 0 N–H and O–H groups in total. The van der Waals surface area contributed by atoms with Crippen molar-refractivity contribution in [2.24, 2.45) is 0 Å². The summed E-state index contributed by atoms with van der Waals surface area (Å²) in [6, 6.07) is 5.56. The number of carbonyl (C=O) groups is 1. The van der Waals surface area contributed by atoms with Gasteiger partial charge in [0.15, 0.2) is 5.75 Å². The number of imidazole rings is 1. The Morgan fingerprint density at radius 3 is 2.13 bits per heavy atom. The van der Waals surface area contributed by atoms with Crippen LogP contribution in [0.3, 0.4) is 0 Å². The molecule has 12 heteroatoms. The van der Waals surface area contributed by atoms with Crippen LogP contribution in [0.2, 0.25) is 15.1 Å². The van der Waals surface area contributed by atoms with Gasteiger partial charge in [0.05, 0.1) is 16.6 Å². The van der Waals surface area contributed by atoms with Crippen LogP contribution in [0.15, 0.2) is 47.5 Å². The van der Waals surface area contributed by atoms with E-state index in [2.05, 4.69) is 20.9 Å². The number of ether oxygens (including phenoxy) is 1. The maximum atomic E-state index is 13.4. The molecule has 0 fully saturated rings. The van der Waals surface area contributed by atoms with Gasteiger partial charge in [-0.15, -0.1) is 0 Å². The second-order valence-corrected chi connectivity index (χ2v) is 10.3. The summed E-state index contributed by atoms with van der Waals surface area (Å²) in [5, 5.41) is 1.12. The Balaban J connectivity index is 0.000000293. The molecule has 0 aliphatic carbocycles. The van der Waals surface area contributed by atoms with Gasteiger partial charge < -0.3 is 9.64 Å². The number of rotatable bonds is 10. The van der Waals surface area contributed by atoms with Crippen molar-refractivity contribution in [1.82, 2.24) is 19.4 Å². The van der Waals surface area contributed by atoms with Gasteiger partial charge in [0.1, 0.15) is 24.6 Å². The van der Waals surface area contributed by atoms with Crippen LogP contribution in [-0.2, 0) is 6.54 Å². The van der Waals surface area contributed by atoms with Crippen molar-refractivity contribution >= 4 is 56.8 Å². The molecule has 1 heterocycles. The zero-order valence-electron chi connectivity index (χ0n) is 21.4. The Labute approximate surface area is 245 Å². The summed E-state index contributed by atoms with van der Waals surface area (Å²) in [4.78, 5) is 19.9. The summed E-state index contributed by atoms with van der Waals surface area (Å²) >= 11 is 21.1. The molecule has 3 rings (SSSR count). The van der Waals surface area contributed by atoms with Gasteiger partial charge in [-0.1, -0.05) is 71.5 Å². The second-order valence-electron chi connectivity index (χ2n) is 8.10. The Morgan fingerprint density at radius 2 is 1.63 bits per heavy atom. The topological polar surface area (TPSA) is 50.6 Å². The molecular formula is C26H30BrCl3F2N4O2. The van der Waals surface area contributed by atoms with E-state index < -0.39 is 11.6 Å². The van der Waals surface area contributed by atoms with Gasteiger partial charge in [-0.25, -0.2) is 18.6 Å². The van der Waals surface area contributed by atoms with Crippen molar-refractivity contribution in [3.8, 4) is 5.75 Å². The minimum Gasteiger partial charge on any atom is -0.489 e. The first-order valence-corrected chi connectivity index (χ1v) is 13.9. The van der Waals surface area contributed by atoms with Gasteiger partial charge >= 0.3 is 6.03 Å². The predicted molar refractivity (Wildman–Crippen MR) is 153 cm³/mol. The lowest BCUT2D eigenvalue weighted by Crippen LogP contribution is -2.37. The molecule has 0 aliphatic heterocycles. The molecule has 0 atom stereocenters. The van der Waals surface area contributed by atoms with Crippen molar-refractivity contribution in [2.75, 3.05) is 32.8 Å². The molecule has 0 radical (unpaired) electrons. The van der Waals surface area contributed by atoms with E-state index in [1.165, 1.54) is 23.0 Å². The number of nitrogens with zero attached hydrogens (tertiary/aromatic N) is 4. The first-order chi connectivity index (χ1) is 18.1. The standard InChI is InChI=1S/C15H16Cl3N3O2.C11H14BrF2N/c1-2-4-20(15(22)21-5-3-19-10-21)6-7-23-14-12(17)8-11(16)9-13(14)18;1-3-15(4-2)7-9-10(13)5-8(12)6-11(9)14/h3,5,8-10H,2,4,6-7H2,1H3;5-6H,3-4,7H2,1-2H3. The molecule has 0 aliphatic rings. The second kappa shape index (κ2) is 16.3. The van der Waals surface area contributed by atoms with Gasteiger partial charge in [-0.3, -0.25) is 9.47 Å². The highest BCUT2D eigenvalue weighted by atomic mass is 79.9. The number of hydrogen-bond donors (Lipinski definition) is 0. The van der Waals surface area contributed by atoms with Crippen molar-refractivity contribution < 1.29 is 18.3 Å². The molecule has 1 amide bonds. The van der Waals surface area contributed by atoms with E-state index in [1.807, 2.05) is 25.7 Å². The zero-order valence-corrected chi connectivity index (χ0v) is 25.2. The van der Waals surface area contributed by atoms with E-state index in [9.17, 15) is 13.6 Å². The highest BCUT2D eigenvalue weighted by Gasteiger charge is 2.16. The molecule has 0 unspecified atom stereocenters. The highest BCUT2D eigenvalue weighted by molar-refractivity contribution is 9.10. The maximum absolute atomic E-state index is 13.4. The number of aromatic nitrogens is 2. The summed E-state index contributed by atoms with van der Waals surface area (Å²) in [5.41, 5.74) is 0.141. The summed E-state index contributed by atoms with van der Waals surface area (Å²) in [6.07, 6.45) is 5.48. The summed E-state index contributed by atoms with van der Waals surface area (Å²) in [7, 11) is 0. The lowest BCUT2D eigenvalue weighted by atomic mass is 10.2. The smallest absolute Gasteiger partial charge is 0.329 e. The van der Waals surface area contributed by atoms with E-state index in [1.54, 1.807) is 29.4 Å². The molecule has 3 aromatic rings. The van der Waals surface area contributed by atoms with Crippen LogP contribution in [0.1, 0.15) is 32.8 Å². The van der Waals surface area contributed by atoms with Crippen molar-refractivity contribution in [1.29, 1.82) is 0 Å². The van der Waals surface area contributed by atoms with Crippen LogP contribution in [0.4, 0.5) is 13.6 Å². The number of halogens is 6. The highest BCUT2D eigenvalue weighted by Crippen LogP contribution is 2.35. The van der Waals surface area contributed by atoms with Gasteiger partial charge in [0.2, 0.25) is 0 Å². The molecule has 0 saturated heterocycles. The molecule has 6 nitrogen and oxygen atoms in total. The molecule has 208 valence electrons. The SMILES string of the molecule is CCCN(CCOc1c(Cl)cc(Cl)cc1Cl)C(=O)n1ccnc1.CCN(CC)Cc1c(F)cc(Br)cc1F. The van der Waals surface area contributed by atoms with E-state index in [4.69, 9.17) is 39.5 Å². The molecule has 0 spiro atoms. The summed E-state index contributed by atoms with van der Waals surface area (Å²) in [6.45, 7) is 9.11. The Bertz CT molecular complexity index is 1140. The third kappa shape index (κ3) is 9.68. The average Bonchev–Trinajstić information content (AvgIpc) is 3.40. The van der Waals surface area contributed by atoms with E-state index in [-0.39, 0.29) is 18.2 Å². The fraction of sp³-hybridized carbons (Fsp3) is 0.385. The Morgan fingerprint density at radius 1 is 1.03 bits per heavy atom. The molecule has 0 saturated carbocycles. The van der Waals surface area contributed by atoms with Crippen molar-refractivity contribution in [3.05, 3.63) is 79.7 Å². The van der Waals surface area contributed by atoms with Gasteiger partial charge in [0, 0.05) is 40.5 Å². The number of amides is 1. The fourth-order valence-corrected chi connectivity index (χ4v) is 4.76. The summed E-state index contributed by atoms with van der Waals surface area (Å²) < 4.78 is 34.4. The fourth-order valence-electron chi connectivity index (χ4n) is 3.43. The third-order valence-corrected chi connectivity index (χ3v) is 6.68. The monoisotopic (exact) mass is 652 g/mol. The van der Waals surface area contributed by atoms with Crippen LogP contribution < -0.4 is 4.74 Å². The first-order valence-electron chi connectivity index (χ1n) is 12.0. The van der Waals surface area contributed by atoms with Gasteiger partial charge in [-0.2, -0.15) is 0 Å². The van der Waals surface area contributed by atoms with Crippen LogP contribution in [0, 0.1) is 11.6 Å². The number of hydrogen-bond acceptors (Lipinski definition) is 4. The third-order valence-electron chi connectivity index (χ3n) is 5.44. The van der Waals surface area contributed by atoms with Gasteiger partial charge in [0.25, 0.3) is 0 Å². The average molecular weight is 655 g/mol. The van der Waals surface area contributed by atoms with Gasteiger partial charge in [-0.05, 0) is 43.8 Å². The normalized spacial score (nSPS) is 10.8. The summed E-state index contributed by atoms with van der Waals surface area (Å²) in [5.74, 6) is -0.619. The molecule has 2 aromatic carbocycles.